The highest BCUT2D eigenvalue weighted by atomic mass is 16.6. The molecule has 0 bridgehead atoms. The first-order valence-corrected chi connectivity index (χ1v) is 9.60. The third kappa shape index (κ3) is 2.98. The van der Waals surface area contributed by atoms with E-state index in [9.17, 15) is 14.4 Å². The molecule has 0 radical (unpaired) electrons. The molecule has 1 saturated carbocycles. The number of amides is 3. The molecule has 0 aromatic carbocycles. The van der Waals surface area contributed by atoms with Crippen LogP contribution in [-0.4, -0.2) is 78.0 Å². The lowest BCUT2D eigenvalue weighted by atomic mass is 9.77. The van der Waals surface area contributed by atoms with Crippen LogP contribution in [0.5, 0.6) is 0 Å². The second-order valence-electron chi connectivity index (χ2n) is 7.92. The molecule has 0 aromatic rings. The van der Waals surface area contributed by atoms with Crippen LogP contribution in [0.25, 0.3) is 0 Å². The number of cyclic esters (lactones) is 1. The second kappa shape index (κ2) is 6.50. The van der Waals surface area contributed by atoms with E-state index in [1.807, 2.05) is 0 Å². The van der Waals surface area contributed by atoms with Gasteiger partial charge in [0.05, 0.1) is 12.0 Å². The first kappa shape index (κ1) is 16.7. The van der Waals surface area contributed by atoms with Gasteiger partial charge in [-0.25, -0.2) is 4.79 Å². The summed E-state index contributed by atoms with van der Waals surface area (Å²) >= 11 is 0. The van der Waals surface area contributed by atoms with E-state index in [4.69, 9.17) is 4.74 Å². The summed E-state index contributed by atoms with van der Waals surface area (Å²) in [6.45, 7) is 2.89. The van der Waals surface area contributed by atoms with Crippen molar-refractivity contribution >= 4 is 17.9 Å². The highest BCUT2D eigenvalue weighted by Crippen LogP contribution is 2.42. The molecule has 0 aromatic heterocycles. The fourth-order valence-electron chi connectivity index (χ4n) is 4.96. The average molecular weight is 349 g/mol. The van der Waals surface area contributed by atoms with Crippen LogP contribution in [0.15, 0.2) is 0 Å². The Hall–Kier alpha value is -1.79. The molecule has 1 spiro atoms. The predicted molar refractivity (Wildman–Crippen MR) is 89.8 cm³/mol. The van der Waals surface area contributed by atoms with Crippen molar-refractivity contribution in [3.05, 3.63) is 0 Å². The summed E-state index contributed by atoms with van der Waals surface area (Å²) < 4.78 is 4.88. The number of carbonyl (C=O) groups excluding carboxylic acids is 3. The van der Waals surface area contributed by atoms with Gasteiger partial charge in [0.25, 0.3) is 0 Å². The topological polar surface area (TPSA) is 70.2 Å². The van der Waals surface area contributed by atoms with Crippen molar-refractivity contribution in [3.63, 3.8) is 0 Å². The predicted octanol–water partition coefficient (Wildman–Crippen LogP) is 1.22. The molecule has 3 amide bonds. The van der Waals surface area contributed by atoms with Gasteiger partial charge < -0.3 is 14.5 Å². The number of likely N-dealkylation sites (tertiary alicyclic amines) is 2. The lowest BCUT2D eigenvalue weighted by molar-refractivity contribution is -0.148. The van der Waals surface area contributed by atoms with Crippen molar-refractivity contribution in [3.8, 4) is 0 Å². The molecule has 3 aliphatic heterocycles. The Balaban J connectivity index is 1.40. The molecule has 0 N–H and O–H groups in total. The van der Waals surface area contributed by atoms with E-state index in [2.05, 4.69) is 4.90 Å². The Morgan fingerprint density at radius 3 is 2.60 bits per heavy atom. The highest BCUT2D eigenvalue weighted by molar-refractivity contribution is 5.87. The summed E-state index contributed by atoms with van der Waals surface area (Å²) in [6.07, 6.45) is 6.95. The van der Waals surface area contributed by atoms with Crippen LogP contribution in [-0.2, 0) is 14.3 Å². The van der Waals surface area contributed by atoms with Crippen LogP contribution in [0.2, 0.25) is 0 Å². The maximum atomic E-state index is 13.2. The Bertz CT molecular complexity index is 575. The van der Waals surface area contributed by atoms with E-state index in [1.165, 1.54) is 17.7 Å². The third-order valence-electron chi connectivity index (χ3n) is 6.41. The number of rotatable bonds is 3. The molecular formula is C18H27N3O4. The average Bonchev–Trinajstić information content (AvgIpc) is 3.33. The van der Waals surface area contributed by atoms with Gasteiger partial charge in [-0.1, -0.05) is 12.8 Å². The van der Waals surface area contributed by atoms with Gasteiger partial charge in [0.2, 0.25) is 11.8 Å². The zero-order valence-electron chi connectivity index (χ0n) is 14.7. The molecule has 138 valence electrons. The van der Waals surface area contributed by atoms with Gasteiger partial charge in [-0.2, -0.15) is 0 Å². The zero-order valence-corrected chi connectivity index (χ0v) is 14.7. The van der Waals surface area contributed by atoms with Gasteiger partial charge in [-0.15, -0.1) is 0 Å². The molecule has 0 unspecified atom stereocenters. The summed E-state index contributed by atoms with van der Waals surface area (Å²) in [5.74, 6) is 0.197. The number of piperidine rings is 1. The molecule has 4 aliphatic rings. The Kier molecular flexibility index (Phi) is 4.33. The van der Waals surface area contributed by atoms with E-state index in [0.717, 1.165) is 38.6 Å². The molecule has 1 aliphatic carbocycles. The SMILES string of the molecule is O=C(CN1CCOC1=O)N1CC[C@@]2(CCCN(C3CCCC3)C2=O)C1. The molecule has 1 atom stereocenters. The van der Waals surface area contributed by atoms with Crippen LogP contribution < -0.4 is 0 Å². The first-order chi connectivity index (χ1) is 12.1. The van der Waals surface area contributed by atoms with Gasteiger partial charge in [0.1, 0.15) is 13.2 Å². The summed E-state index contributed by atoms with van der Waals surface area (Å²) in [4.78, 5) is 42.6. The van der Waals surface area contributed by atoms with Gasteiger partial charge >= 0.3 is 6.09 Å². The zero-order chi connectivity index (χ0) is 17.4. The minimum atomic E-state index is -0.414. The van der Waals surface area contributed by atoms with Gasteiger partial charge in [-0.3, -0.25) is 14.5 Å². The molecule has 4 fully saturated rings. The quantitative estimate of drug-likeness (QED) is 0.768. The number of hydrogen-bond donors (Lipinski definition) is 0. The van der Waals surface area contributed by atoms with Crippen molar-refractivity contribution < 1.29 is 19.1 Å². The number of hydrogen-bond acceptors (Lipinski definition) is 4. The van der Waals surface area contributed by atoms with Gasteiger partial charge in [-0.05, 0) is 32.1 Å². The Morgan fingerprint density at radius 2 is 1.88 bits per heavy atom. The molecular weight excluding hydrogens is 322 g/mol. The molecule has 7 nitrogen and oxygen atoms in total. The van der Waals surface area contributed by atoms with Crippen LogP contribution in [0.4, 0.5) is 4.79 Å². The first-order valence-electron chi connectivity index (χ1n) is 9.60. The summed E-state index contributed by atoms with van der Waals surface area (Å²) in [5.41, 5.74) is -0.387. The normalized spacial score (nSPS) is 30.6. The van der Waals surface area contributed by atoms with E-state index in [1.54, 1.807) is 4.90 Å². The van der Waals surface area contributed by atoms with E-state index >= 15 is 0 Å². The monoisotopic (exact) mass is 349 g/mol. The van der Waals surface area contributed by atoms with E-state index in [0.29, 0.717) is 32.3 Å². The van der Waals surface area contributed by atoms with Crippen LogP contribution >= 0.6 is 0 Å². The lowest BCUT2D eigenvalue weighted by Crippen LogP contribution is -2.53. The maximum absolute atomic E-state index is 13.2. The third-order valence-corrected chi connectivity index (χ3v) is 6.41. The maximum Gasteiger partial charge on any atom is 0.410 e. The molecule has 7 heteroatoms. The van der Waals surface area contributed by atoms with Crippen molar-refractivity contribution in [2.45, 2.75) is 51.0 Å². The van der Waals surface area contributed by atoms with E-state index < -0.39 is 6.09 Å². The number of carbonyl (C=O) groups is 3. The van der Waals surface area contributed by atoms with Crippen molar-refractivity contribution in [1.29, 1.82) is 0 Å². The van der Waals surface area contributed by atoms with Crippen molar-refractivity contribution in [1.82, 2.24) is 14.7 Å². The van der Waals surface area contributed by atoms with Crippen LogP contribution in [0.1, 0.15) is 44.9 Å². The Labute approximate surface area is 148 Å². The number of ether oxygens (including phenoxy) is 1. The fourth-order valence-corrected chi connectivity index (χ4v) is 4.96. The van der Waals surface area contributed by atoms with Crippen molar-refractivity contribution in [2.24, 2.45) is 5.41 Å². The minimum Gasteiger partial charge on any atom is -0.448 e. The summed E-state index contributed by atoms with van der Waals surface area (Å²) in [7, 11) is 0. The number of nitrogens with zero attached hydrogens (tertiary/aromatic N) is 3. The smallest absolute Gasteiger partial charge is 0.410 e. The lowest BCUT2D eigenvalue weighted by Gasteiger charge is -2.42. The van der Waals surface area contributed by atoms with Crippen LogP contribution in [0.3, 0.4) is 0 Å². The standard InChI is InChI=1S/C18H27N3O4/c22-15(12-19-10-11-25-17(19)24)20-9-7-18(13-20)6-3-8-21(16(18)23)14-4-1-2-5-14/h14H,1-13H2/t18-/m0/s1. The van der Waals surface area contributed by atoms with E-state index in [-0.39, 0.29) is 23.8 Å². The largest absolute Gasteiger partial charge is 0.448 e. The van der Waals surface area contributed by atoms with Gasteiger partial charge in [0, 0.05) is 25.7 Å². The van der Waals surface area contributed by atoms with Crippen LogP contribution in [0, 0.1) is 5.41 Å². The minimum absolute atomic E-state index is 0.0649. The summed E-state index contributed by atoms with van der Waals surface area (Å²) in [5, 5.41) is 0. The molecule has 4 rings (SSSR count). The molecule has 3 saturated heterocycles. The molecule has 25 heavy (non-hydrogen) atoms. The summed E-state index contributed by atoms with van der Waals surface area (Å²) in [6, 6.07) is 0.411. The fraction of sp³-hybridized carbons (Fsp3) is 0.833. The van der Waals surface area contributed by atoms with Crippen molar-refractivity contribution in [2.75, 3.05) is 39.3 Å². The highest BCUT2D eigenvalue weighted by Gasteiger charge is 2.50. The Morgan fingerprint density at radius 1 is 1.08 bits per heavy atom. The van der Waals surface area contributed by atoms with Gasteiger partial charge in [0.15, 0.2) is 0 Å². The molecule has 3 heterocycles. The second-order valence-corrected chi connectivity index (χ2v) is 7.92.